The van der Waals surface area contributed by atoms with Crippen molar-refractivity contribution in [2.45, 2.75) is 6.92 Å². The molecule has 1 aromatic rings. The molecule has 1 heterocycles. The summed E-state index contributed by atoms with van der Waals surface area (Å²) in [6.45, 7) is 2.14. The molecule has 0 fully saturated rings. The fraction of sp³-hybridized carbons (Fsp3) is 0.500. The molecular weight excluding hydrogens is 202 g/mol. The first-order valence-corrected chi connectivity index (χ1v) is 5.06. The minimum Gasteiger partial charge on any atom is -0.395 e. The van der Waals surface area contributed by atoms with Gasteiger partial charge in [-0.3, -0.25) is 5.32 Å². The topological polar surface area (TPSA) is 65.5 Å². The van der Waals surface area contributed by atoms with Crippen LogP contribution < -0.4 is 5.32 Å². The highest BCUT2D eigenvalue weighted by Crippen LogP contribution is 2.14. The van der Waals surface area contributed by atoms with Crippen molar-refractivity contribution in [1.82, 2.24) is 9.88 Å². The van der Waals surface area contributed by atoms with E-state index in [1.807, 2.05) is 12.3 Å². The zero-order valence-electron chi connectivity index (χ0n) is 8.15. The molecule has 14 heavy (non-hydrogen) atoms. The SMILES string of the molecule is Cc1csc(NC(=O)N(C)CCO)n1. The molecule has 2 amide bonds. The maximum atomic E-state index is 11.4. The molecule has 0 aliphatic rings. The number of aliphatic hydroxyl groups excluding tert-OH is 1. The minimum atomic E-state index is -0.256. The van der Waals surface area contributed by atoms with Gasteiger partial charge in [0.2, 0.25) is 0 Å². The van der Waals surface area contributed by atoms with Crippen LogP contribution in [-0.2, 0) is 0 Å². The molecule has 0 spiro atoms. The molecule has 0 aromatic carbocycles. The second kappa shape index (κ2) is 4.92. The Bertz CT molecular complexity index is 313. The van der Waals surface area contributed by atoms with Gasteiger partial charge in [-0.1, -0.05) is 0 Å². The quantitative estimate of drug-likeness (QED) is 0.787. The van der Waals surface area contributed by atoms with Gasteiger partial charge in [0, 0.05) is 19.0 Å². The smallest absolute Gasteiger partial charge is 0.323 e. The van der Waals surface area contributed by atoms with Crippen LogP contribution >= 0.6 is 11.3 Å². The standard InChI is InChI=1S/C8H13N3O2S/c1-6-5-14-7(9-6)10-8(13)11(2)3-4-12/h5,12H,3-4H2,1-2H3,(H,9,10,13). The average molecular weight is 215 g/mol. The maximum absolute atomic E-state index is 11.4. The highest BCUT2D eigenvalue weighted by Gasteiger charge is 2.09. The van der Waals surface area contributed by atoms with E-state index in [9.17, 15) is 4.79 Å². The van der Waals surface area contributed by atoms with Crippen LogP contribution in [0.1, 0.15) is 5.69 Å². The summed E-state index contributed by atoms with van der Waals surface area (Å²) in [4.78, 5) is 16.9. The first kappa shape index (κ1) is 10.9. The summed E-state index contributed by atoms with van der Waals surface area (Å²) in [5.74, 6) is 0. The third-order valence-corrected chi connectivity index (χ3v) is 2.49. The number of thiazole rings is 1. The lowest BCUT2D eigenvalue weighted by Crippen LogP contribution is -2.33. The molecule has 0 bridgehead atoms. The summed E-state index contributed by atoms with van der Waals surface area (Å²) in [5.41, 5.74) is 0.884. The Kier molecular flexibility index (Phi) is 3.84. The van der Waals surface area contributed by atoms with Gasteiger partial charge >= 0.3 is 6.03 Å². The predicted molar refractivity (Wildman–Crippen MR) is 55.6 cm³/mol. The van der Waals surface area contributed by atoms with Gasteiger partial charge in [0.1, 0.15) is 0 Å². The lowest BCUT2D eigenvalue weighted by molar-refractivity contribution is 0.202. The van der Waals surface area contributed by atoms with E-state index in [0.29, 0.717) is 11.7 Å². The lowest BCUT2D eigenvalue weighted by Gasteiger charge is -2.14. The summed E-state index contributed by atoms with van der Waals surface area (Å²) in [6.07, 6.45) is 0. The van der Waals surface area contributed by atoms with Crippen molar-refractivity contribution in [3.05, 3.63) is 11.1 Å². The summed E-state index contributed by atoms with van der Waals surface area (Å²) in [7, 11) is 1.62. The van der Waals surface area contributed by atoms with E-state index in [-0.39, 0.29) is 12.6 Å². The van der Waals surface area contributed by atoms with E-state index in [1.54, 1.807) is 7.05 Å². The predicted octanol–water partition coefficient (Wildman–Crippen LogP) is 0.908. The number of hydrogen-bond acceptors (Lipinski definition) is 4. The van der Waals surface area contributed by atoms with Crippen LogP contribution in [0.3, 0.4) is 0 Å². The molecule has 0 radical (unpaired) electrons. The van der Waals surface area contributed by atoms with Crippen molar-refractivity contribution in [2.24, 2.45) is 0 Å². The van der Waals surface area contributed by atoms with E-state index in [0.717, 1.165) is 5.69 Å². The van der Waals surface area contributed by atoms with Gasteiger partial charge < -0.3 is 10.0 Å². The second-order valence-corrected chi connectivity index (χ2v) is 3.73. The van der Waals surface area contributed by atoms with Crippen molar-refractivity contribution in [3.63, 3.8) is 0 Å². The van der Waals surface area contributed by atoms with Gasteiger partial charge in [-0.25, -0.2) is 9.78 Å². The second-order valence-electron chi connectivity index (χ2n) is 2.87. The Morgan fingerprint density at radius 1 is 1.79 bits per heavy atom. The number of nitrogens with one attached hydrogen (secondary N) is 1. The molecule has 78 valence electrons. The number of rotatable bonds is 3. The number of aliphatic hydroxyl groups is 1. The van der Waals surface area contributed by atoms with E-state index in [4.69, 9.17) is 5.11 Å². The van der Waals surface area contributed by atoms with Crippen molar-refractivity contribution in [2.75, 3.05) is 25.5 Å². The minimum absolute atomic E-state index is 0.0409. The van der Waals surface area contributed by atoms with E-state index >= 15 is 0 Å². The Morgan fingerprint density at radius 3 is 3.00 bits per heavy atom. The number of urea groups is 1. The van der Waals surface area contributed by atoms with Gasteiger partial charge in [-0.05, 0) is 6.92 Å². The summed E-state index contributed by atoms with van der Waals surface area (Å²) in [6, 6.07) is -0.256. The van der Waals surface area contributed by atoms with E-state index in [1.165, 1.54) is 16.2 Å². The molecular formula is C8H13N3O2S. The first-order chi connectivity index (χ1) is 6.63. The van der Waals surface area contributed by atoms with Gasteiger partial charge in [-0.15, -0.1) is 11.3 Å². The molecule has 0 atom stereocenters. The number of likely N-dealkylation sites (N-methyl/N-ethyl adjacent to an activating group) is 1. The number of carbonyl (C=O) groups excluding carboxylic acids is 1. The monoisotopic (exact) mass is 215 g/mol. The number of carbonyl (C=O) groups is 1. The molecule has 0 aliphatic carbocycles. The molecule has 0 saturated heterocycles. The Morgan fingerprint density at radius 2 is 2.50 bits per heavy atom. The third-order valence-electron chi connectivity index (χ3n) is 1.61. The fourth-order valence-electron chi connectivity index (χ4n) is 0.850. The number of hydrogen-bond donors (Lipinski definition) is 2. The third kappa shape index (κ3) is 2.97. The molecule has 6 heteroatoms. The van der Waals surface area contributed by atoms with Crippen LogP contribution in [-0.4, -0.2) is 41.2 Å². The van der Waals surface area contributed by atoms with Crippen molar-refractivity contribution in [1.29, 1.82) is 0 Å². The maximum Gasteiger partial charge on any atom is 0.323 e. The zero-order chi connectivity index (χ0) is 10.6. The number of nitrogens with zero attached hydrogens (tertiary/aromatic N) is 2. The highest BCUT2D eigenvalue weighted by molar-refractivity contribution is 7.13. The molecule has 0 saturated carbocycles. The fourth-order valence-corrected chi connectivity index (χ4v) is 1.53. The molecule has 1 aromatic heterocycles. The number of aromatic nitrogens is 1. The summed E-state index contributed by atoms with van der Waals surface area (Å²) in [5, 5.41) is 13.7. The molecule has 2 N–H and O–H groups in total. The Hall–Kier alpha value is -1.14. The Balaban J connectivity index is 2.48. The van der Waals surface area contributed by atoms with Gasteiger partial charge in [0.15, 0.2) is 5.13 Å². The van der Waals surface area contributed by atoms with E-state index in [2.05, 4.69) is 10.3 Å². The lowest BCUT2D eigenvalue weighted by atomic mass is 10.6. The van der Waals surface area contributed by atoms with Crippen molar-refractivity contribution >= 4 is 22.5 Å². The Labute approximate surface area is 86.4 Å². The normalized spacial score (nSPS) is 9.93. The van der Waals surface area contributed by atoms with Crippen LogP contribution in [0.2, 0.25) is 0 Å². The zero-order valence-corrected chi connectivity index (χ0v) is 8.97. The highest BCUT2D eigenvalue weighted by atomic mass is 32.1. The number of anilines is 1. The van der Waals surface area contributed by atoms with Gasteiger partial charge in [0.25, 0.3) is 0 Å². The molecule has 0 aliphatic heterocycles. The average Bonchev–Trinajstić information content (AvgIpc) is 2.51. The van der Waals surface area contributed by atoms with Crippen LogP contribution in [0.4, 0.5) is 9.93 Å². The van der Waals surface area contributed by atoms with Crippen LogP contribution in [0.5, 0.6) is 0 Å². The van der Waals surface area contributed by atoms with Crippen LogP contribution in [0.25, 0.3) is 0 Å². The number of aryl methyl sites for hydroxylation is 1. The van der Waals surface area contributed by atoms with Gasteiger partial charge in [0.05, 0.1) is 12.3 Å². The van der Waals surface area contributed by atoms with Crippen LogP contribution in [0.15, 0.2) is 5.38 Å². The first-order valence-electron chi connectivity index (χ1n) is 4.18. The largest absolute Gasteiger partial charge is 0.395 e. The molecule has 1 rings (SSSR count). The van der Waals surface area contributed by atoms with Gasteiger partial charge in [-0.2, -0.15) is 0 Å². The molecule has 0 unspecified atom stereocenters. The van der Waals surface area contributed by atoms with Crippen molar-refractivity contribution < 1.29 is 9.90 Å². The summed E-state index contributed by atoms with van der Waals surface area (Å²) < 4.78 is 0. The summed E-state index contributed by atoms with van der Waals surface area (Å²) >= 11 is 1.38. The van der Waals surface area contributed by atoms with Crippen LogP contribution in [0, 0.1) is 6.92 Å². The molecule has 5 nitrogen and oxygen atoms in total. The van der Waals surface area contributed by atoms with Crippen molar-refractivity contribution in [3.8, 4) is 0 Å². The number of amides is 2. The van der Waals surface area contributed by atoms with E-state index < -0.39 is 0 Å².